The Morgan fingerprint density at radius 1 is 1.38 bits per heavy atom. The van der Waals surface area contributed by atoms with Crippen LogP contribution in [-0.2, 0) is 20.9 Å². The number of tetrazole rings is 1. The number of esters is 1. The topological polar surface area (TPSA) is 123 Å². The fourth-order valence-corrected chi connectivity index (χ4v) is 3.48. The van der Waals surface area contributed by atoms with Gasteiger partial charge < -0.3 is 10.1 Å². The number of hydrogen-bond acceptors (Lipinski definition) is 8. The Morgan fingerprint density at radius 3 is 2.88 bits per heavy atom. The number of amides is 1. The summed E-state index contributed by atoms with van der Waals surface area (Å²) in [7, 11) is 0. The maximum Gasteiger partial charge on any atom is 0.330 e. The largest absolute Gasteiger partial charge is 0.454 e. The number of hydrogen-bond donors (Lipinski definition) is 1. The van der Waals surface area contributed by atoms with E-state index in [0.29, 0.717) is 18.7 Å². The van der Waals surface area contributed by atoms with Gasteiger partial charge in [-0.25, -0.2) is 4.79 Å². The lowest BCUT2D eigenvalue weighted by atomic mass is 9.83. The van der Waals surface area contributed by atoms with E-state index in [-0.39, 0.29) is 6.54 Å². The second kappa shape index (κ2) is 8.05. The van der Waals surface area contributed by atoms with E-state index in [0.717, 1.165) is 29.6 Å². The molecule has 0 bridgehead atoms. The summed E-state index contributed by atoms with van der Waals surface area (Å²) in [6.45, 7) is -0.678. The maximum atomic E-state index is 12.0. The molecule has 10 heteroatoms. The van der Waals surface area contributed by atoms with Crippen LogP contribution >= 0.6 is 11.3 Å². The molecule has 1 aliphatic rings. The molecule has 2 aromatic rings. The normalized spacial score (nSPS) is 15.8. The van der Waals surface area contributed by atoms with Gasteiger partial charge in [0.1, 0.15) is 5.54 Å². The fraction of sp³-hybridized carbons (Fsp3) is 0.500. The summed E-state index contributed by atoms with van der Waals surface area (Å²) in [4.78, 5) is 25.0. The van der Waals surface area contributed by atoms with E-state index < -0.39 is 24.0 Å². The van der Waals surface area contributed by atoms with Crippen molar-refractivity contribution < 1.29 is 14.3 Å². The first-order valence-electron chi connectivity index (χ1n) is 8.28. The lowest BCUT2D eigenvalue weighted by Gasteiger charge is -2.31. The van der Waals surface area contributed by atoms with Gasteiger partial charge in [-0.2, -0.15) is 21.4 Å². The highest BCUT2D eigenvalue weighted by Crippen LogP contribution is 2.27. The van der Waals surface area contributed by atoms with Crippen molar-refractivity contribution in [1.82, 2.24) is 25.5 Å². The standard InChI is InChI=1S/C16H18N6O3S/c17-11-16(5-2-1-3-6-16)18-13(23)9-25-14(24)8-22-20-15(19-21-22)12-4-7-26-10-12/h4,7,10H,1-3,5-6,8-9H2,(H,18,23). The van der Waals surface area contributed by atoms with Crippen LogP contribution in [0, 0.1) is 11.3 Å². The third-order valence-corrected chi connectivity index (χ3v) is 4.85. The van der Waals surface area contributed by atoms with Crippen molar-refractivity contribution in [3.63, 3.8) is 0 Å². The molecule has 9 nitrogen and oxygen atoms in total. The predicted octanol–water partition coefficient (Wildman–Crippen LogP) is 1.29. The van der Waals surface area contributed by atoms with Crippen LogP contribution in [0.2, 0.25) is 0 Å². The Balaban J connectivity index is 1.46. The number of aromatic nitrogens is 4. The summed E-state index contributed by atoms with van der Waals surface area (Å²) in [5.74, 6) is -0.707. The molecule has 1 aliphatic carbocycles. The van der Waals surface area contributed by atoms with Crippen molar-refractivity contribution in [2.75, 3.05) is 6.61 Å². The smallest absolute Gasteiger partial charge is 0.330 e. The minimum absolute atomic E-state index is 0.242. The Hall–Kier alpha value is -2.80. The van der Waals surface area contributed by atoms with Gasteiger partial charge in [0.15, 0.2) is 13.2 Å². The van der Waals surface area contributed by atoms with Crippen LogP contribution in [0.4, 0.5) is 0 Å². The van der Waals surface area contributed by atoms with Gasteiger partial charge in [-0.1, -0.05) is 19.3 Å². The highest BCUT2D eigenvalue weighted by Gasteiger charge is 2.33. The van der Waals surface area contributed by atoms with E-state index in [4.69, 9.17) is 4.74 Å². The fourth-order valence-electron chi connectivity index (χ4n) is 2.85. The molecule has 0 unspecified atom stereocenters. The van der Waals surface area contributed by atoms with Crippen LogP contribution in [0.5, 0.6) is 0 Å². The SMILES string of the molecule is N#CC1(NC(=O)COC(=O)Cn2nnc(-c3ccsc3)n2)CCCCC1. The molecule has 3 rings (SSSR count). The molecule has 26 heavy (non-hydrogen) atoms. The van der Waals surface area contributed by atoms with Gasteiger partial charge in [-0.15, -0.1) is 10.2 Å². The highest BCUT2D eigenvalue weighted by atomic mass is 32.1. The molecule has 0 spiro atoms. The lowest BCUT2D eigenvalue weighted by Crippen LogP contribution is -2.50. The third kappa shape index (κ3) is 4.43. The molecule has 1 fully saturated rings. The molecule has 136 valence electrons. The molecule has 0 atom stereocenters. The van der Waals surface area contributed by atoms with Crippen molar-refractivity contribution in [2.45, 2.75) is 44.2 Å². The van der Waals surface area contributed by atoms with E-state index in [1.807, 2.05) is 16.8 Å². The van der Waals surface area contributed by atoms with Crippen LogP contribution in [0.3, 0.4) is 0 Å². The molecular weight excluding hydrogens is 356 g/mol. The second-order valence-electron chi connectivity index (χ2n) is 6.12. The number of thiophene rings is 1. The molecule has 1 amide bonds. The van der Waals surface area contributed by atoms with E-state index >= 15 is 0 Å². The van der Waals surface area contributed by atoms with E-state index in [2.05, 4.69) is 26.8 Å². The first-order chi connectivity index (χ1) is 12.6. The molecule has 2 aromatic heterocycles. The maximum absolute atomic E-state index is 12.0. The highest BCUT2D eigenvalue weighted by molar-refractivity contribution is 7.08. The van der Waals surface area contributed by atoms with Gasteiger partial charge in [0.25, 0.3) is 5.91 Å². The molecule has 0 radical (unpaired) electrons. The van der Waals surface area contributed by atoms with Crippen molar-refractivity contribution in [3.8, 4) is 17.5 Å². The van der Waals surface area contributed by atoms with E-state index in [9.17, 15) is 14.9 Å². The third-order valence-electron chi connectivity index (χ3n) is 4.17. The number of nitriles is 1. The molecule has 1 N–H and O–H groups in total. The number of nitrogens with one attached hydrogen (secondary N) is 1. The van der Waals surface area contributed by atoms with Crippen LogP contribution in [0.15, 0.2) is 16.8 Å². The lowest BCUT2D eigenvalue weighted by molar-refractivity contribution is -0.150. The van der Waals surface area contributed by atoms with Gasteiger partial charge in [-0.3, -0.25) is 4.79 Å². The number of carbonyl (C=O) groups excluding carboxylic acids is 2. The average Bonchev–Trinajstić information content (AvgIpc) is 3.32. The summed E-state index contributed by atoms with van der Waals surface area (Å²) in [5.41, 5.74) is -0.0201. The quantitative estimate of drug-likeness (QED) is 0.756. The molecule has 0 aliphatic heterocycles. The zero-order chi connectivity index (χ0) is 18.4. The summed E-state index contributed by atoms with van der Waals surface area (Å²) in [6, 6.07) is 4.04. The zero-order valence-corrected chi connectivity index (χ0v) is 14.9. The van der Waals surface area contributed by atoms with Crippen LogP contribution in [-0.4, -0.2) is 44.2 Å². The van der Waals surface area contributed by atoms with E-state index in [1.54, 1.807) is 0 Å². The average molecular weight is 374 g/mol. The summed E-state index contributed by atoms with van der Waals surface area (Å²) >= 11 is 1.51. The monoisotopic (exact) mass is 374 g/mol. The van der Waals surface area contributed by atoms with Crippen LogP contribution < -0.4 is 5.32 Å². The van der Waals surface area contributed by atoms with Crippen molar-refractivity contribution in [2.24, 2.45) is 0 Å². The van der Waals surface area contributed by atoms with Gasteiger partial charge in [0.2, 0.25) is 5.82 Å². The molecule has 2 heterocycles. The van der Waals surface area contributed by atoms with Crippen molar-refractivity contribution >= 4 is 23.2 Å². The van der Waals surface area contributed by atoms with Crippen LogP contribution in [0.25, 0.3) is 11.4 Å². The van der Waals surface area contributed by atoms with Crippen molar-refractivity contribution in [3.05, 3.63) is 16.8 Å². The Labute approximate surface area is 153 Å². The molecule has 0 saturated heterocycles. The zero-order valence-electron chi connectivity index (χ0n) is 14.1. The first-order valence-corrected chi connectivity index (χ1v) is 9.23. The number of ether oxygens (including phenoxy) is 1. The predicted molar refractivity (Wildman–Crippen MR) is 91.7 cm³/mol. The molecule has 1 saturated carbocycles. The molecular formula is C16H18N6O3S. The number of nitrogens with zero attached hydrogens (tertiary/aromatic N) is 5. The summed E-state index contributed by atoms with van der Waals surface area (Å²) in [5, 5.41) is 27.6. The van der Waals surface area contributed by atoms with Crippen molar-refractivity contribution in [1.29, 1.82) is 5.26 Å². The van der Waals surface area contributed by atoms with E-state index in [1.165, 1.54) is 11.3 Å². The number of carbonyl (C=O) groups is 2. The Bertz CT molecular complexity index is 804. The second-order valence-corrected chi connectivity index (χ2v) is 6.90. The Kier molecular flexibility index (Phi) is 5.58. The minimum atomic E-state index is -0.843. The van der Waals surface area contributed by atoms with Crippen LogP contribution in [0.1, 0.15) is 32.1 Å². The summed E-state index contributed by atoms with van der Waals surface area (Å²) < 4.78 is 4.95. The first kappa shape index (κ1) is 18.0. The van der Waals surface area contributed by atoms with Gasteiger partial charge in [0, 0.05) is 10.9 Å². The van der Waals surface area contributed by atoms with Gasteiger partial charge in [0.05, 0.1) is 6.07 Å². The number of rotatable bonds is 6. The Morgan fingerprint density at radius 2 is 2.19 bits per heavy atom. The molecule has 0 aromatic carbocycles. The minimum Gasteiger partial charge on any atom is -0.454 e. The van der Waals surface area contributed by atoms with Gasteiger partial charge >= 0.3 is 5.97 Å². The van der Waals surface area contributed by atoms with Gasteiger partial charge in [-0.05, 0) is 29.5 Å². The summed E-state index contributed by atoms with van der Waals surface area (Å²) in [6.07, 6.45) is 4.11.